The summed E-state index contributed by atoms with van der Waals surface area (Å²) < 4.78 is 19.8. The van der Waals surface area contributed by atoms with Crippen LogP contribution in [0.1, 0.15) is 42.9 Å². The average molecular weight is 459 g/mol. The number of carbonyl (C=O) groups is 1. The van der Waals surface area contributed by atoms with Gasteiger partial charge in [-0.25, -0.2) is 14.2 Å². The molecule has 10 heteroatoms. The number of nitrogens with zero attached hydrogens (tertiary/aromatic N) is 3. The fourth-order valence-corrected chi connectivity index (χ4v) is 4.13. The Kier molecular flexibility index (Phi) is 7.93. The van der Waals surface area contributed by atoms with Gasteiger partial charge in [0.2, 0.25) is 0 Å². The Morgan fingerprint density at radius 3 is 2.62 bits per heavy atom. The summed E-state index contributed by atoms with van der Waals surface area (Å²) >= 11 is 1.27. The van der Waals surface area contributed by atoms with E-state index in [-0.39, 0.29) is 24.9 Å². The fourth-order valence-electron chi connectivity index (χ4n) is 3.21. The van der Waals surface area contributed by atoms with E-state index in [0.29, 0.717) is 28.5 Å². The van der Waals surface area contributed by atoms with Gasteiger partial charge in [0.1, 0.15) is 12.4 Å². The van der Waals surface area contributed by atoms with Gasteiger partial charge in [0, 0.05) is 35.8 Å². The average Bonchev–Trinajstić information content (AvgIpc) is 2.77. The number of aromatic amines is 1. The smallest absolute Gasteiger partial charge is 0.344 e. The van der Waals surface area contributed by atoms with E-state index in [9.17, 15) is 18.8 Å². The van der Waals surface area contributed by atoms with Crippen molar-refractivity contribution in [3.8, 4) is 0 Å². The molecule has 1 atom stereocenters. The molecule has 2 heterocycles. The molecule has 1 aromatic carbocycles. The summed E-state index contributed by atoms with van der Waals surface area (Å²) in [6.07, 6.45) is 5.12. The fraction of sp³-hybridized carbons (Fsp3) is 0.318. The van der Waals surface area contributed by atoms with E-state index in [1.807, 2.05) is 6.92 Å². The molecule has 0 radical (unpaired) electrons. The first-order chi connectivity index (χ1) is 15.4. The maximum atomic E-state index is 13.2. The third-order valence-electron chi connectivity index (χ3n) is 4.75. The van der Waals surface area contributed by atoms with Crippen LogP contribution in [0.5, 0.6) is 0 Å². The summed E-state index contributed by atoms with van der Waals surface area (Å²) in [6, 6.07) is 6.03. The SMILES string of the molecule is CCOC(=O)Cn1cc(C(CC)c2cnc(=O)[nH]c2)c(=O)nc1SCc1ccc(F)cc1. The molecule has 3 aromatic rings. The van der Waals surface area contributed by atoms with Crippen molar-refractivity contribution in [3.63, 3.8) is 0 Å². The second-order valence-corrected chi connectivity index (χ2v) is 7.89. The van der Waals surface area contributed by atoms with E-state index >= 15 is 0 Å². The molecule has 0 amide bonds. The normalized spacial score (nSPS) is 11.8. The first-order valence-corrected chi connectivity index (χ1v) is 11.1. The lowest BCUT2D eigenvalue weighted by molar-refractivity contribution is -0.144. The Morgan fingerprint density at radius 2 is 2.00 bits per heavy atom. The van der Waals surface area contributed by atoms with Crippen LogP contribution in [0.3, 0.4) is 0 Å². The van der Waals surface area contributed by atoms with Crippen LogP contribution < -0.4 is 11.2 Å². The molecule has 168 valence electrons. The number of esters is 1. The third kappa shape index (κ3) is 5.91. The Labute approximate surface area is 187 Å². The van der Waals surface area contributed by atoms with Gasteiger partial charge in [-0.1, -0.05) is 30.8 Å². The van der Waals surface area contributed by atoms with Crippen molar-refractivity contribution in [2.24, 2.45) is 0 Å². The van der Waals surface area contributed by atoms with Gasteiger partial charge in [0.15, 0.2) is 5.16 Å². The molecule has 0 fully saturated rings. The maximum absolute atomic E-state index is 13.2. The molecular formula is C22H23FN4O4S. The van der Waals surface area contributed by atoms with E-state index in [2.05, 4.69) is 15.0 Å². The summed E-state index contributed by atoms with van der Waals surface area (Å²) in [4.78, 5) is 46.9. The molecule has 0 aliphatic carbocycles. The molecule has 1 N–H and O–H groups in total. The standard InChI is InChI=1S/C22H23FN4O4S/c1-3-17(15-9-24-21(30)25-10-15)18-11-27(12-19(28)31-4-2)22(26-20(18)29)32-13-14-5-7-16(23)8-6-14/h5-11,17H,3-4,12-13H2,1-2H3,(H,24,25,30). The number of nitrogens with one attached hydrogen (secondary N) is 1. The predicted octanol–water partition coefficient (Wildman–Crippen LogP) is 2.86. The Bertz CT molecular complexity index is 1170. The molecular weight excluding hydrogens is 435 g/mol. The highest BCUT2D eigenvalue weighted by molar-refractivity contribution is 7.98. The first-order valence-electron chi connectivity index (χ1n) is 10.1. The highest BCUT2D eigenvalue weighted by Gasteiger charge is 2.20. The van der Waals surface area contributed by atoms with Crippen molar-refractivity contribution < 1.29 is 13.9 Å². The van der Waals surface area contributed by atoms with Crippen molar-refractivity contribution in [1.82, 2.24) is 19.5 Å². The lowest BCUT2D eigenvalue weighted by atomic mass is 9.93. The van der Waals surface area contributed by atoms with E-state index in [4.69, 9.17) is 4.74 Å². The number of carbonyl (C=O) groups excluding carboxylic acids is 1. The Balaban J connectivity index is 1.97. The monoisotopic (exact) mass is 458 g/mol. The lowest BCUT2D eigenvalue weighted by Crippen LogP contribution is -2.25. The highest BCUT2D eigenvalue weighted by atomic mass is 32.2. The van der Waals surface area contributed by atoms with Gasteiger partial charge in [-0.3, -0.25) is 9.59 Å². The van der Waals surface area contributed by atoms with Gasteiger partial charge in [-0.05, 0) is 36.6 Å². The zero-order valence-corrected chi connectivity index (χ0v) is 18.5. The van der Waals surface area contributed by atoms with Gasteiger partial charge in [0.25, 0.3) is 5.56 Å². The highest BCUT2D eigenvalue weighted by Crippen LogP contribution is 2.26. The zero-order chi connectivity index (χ0) is 23.1. The van der Waals surface area contributed by atoms with Crippen LogP contribution in [0, 0.1) is 5.82 Å². The largest absolute Gasteiger partial charge is 0.465 e. The number of ether oxygens (including phenoxy) is 1. The van der Waals surface area contributed by atoms with Gasteiger partial charge in [-0.2, -0.15) is 4.98 Å². The molecule has 0 aliphatic heterocycles. The minimum atomic E-state index is -0.478. The maximum Gasteiger partial charge on any atom is 0.344 e. The molecule has 8 nitrogen and oxygen atoms in total. The number of aromatic nitrogens is 4. The minimum Gasteiger partial charge on any atom is -0.465 e. The number of halogens is 1. The molecule has 0 spiro atoms. The minimum absolute atomic E-state index is 0.111. The second kappa shape index (κ2) is 10.9. The van der Waals surface area contributed by atoms with Crippen LogP contribution in [0.15, 0.2) is 57.6 Å². The summed E-state index contributed by atoms with van der Waals surface area (Å²) in [5.41, 5.74) is 0.999. The van der Waals surface area contributed by atoms with Crippen LogP contribution in [0.25, 0.3) is 0 Å². The summed E-state index contributed by atoms with van der Waals surface area (Å²) in [5.74, 6) is -0.700. The Hall–Kier alpha value is -3.27. The molecule has 0 saturated carbocycles. The third-order valence-corrected chi connectivity index (χ3v) is 5.81. The number of H-pyrrole nitrogens is 1. The van der Waals surface area contributed by atoms with Gasteiger partial charge < -0.3 is 14.3 Å². The number of hydrogen-bond donors (Lipinski definition) is 1. The van der Waals surface area contributed by atoms with Crippen molar-refractivity contribution in [1.29, 1.82) is 0 Å². The molecule has 0 aliphatic rings. The van der Waals surface area contributed by atoms with E-state index in [1.165, 1.54) is 36.3 Å². The molecule has 32 heavy (non-hydrogen) atoms. The van der Waals surface area contributed by atoms with Crippen molar-refractivity contribution in [3.05, 3.63) is 86.2 Å². The molecule has 0 saturated heterocycles. The molecule has 3 rings (SSSR count). The van der Waals surface area contributed by atoms with Crippen LogP contribution >= 0.6 is 11.8 Å². The van der Waals surface area contributed by atoms with E-state index < -0.39 is 17.2 Å². The van der Waals surface area contributed by atoms with Crippen molar-refractivity contribution in [2.75, 3.05) is 6.61 Å². The number of rotatable bonds is 9. The van der Waals surface area contributed by atoms with Gasteiger partial charge in [0.05, 0.1) is 6.61 Å². The van der Waals surface area contributed by atoms with Crippen molar-refractivity contribution in [2.45, 2.75) is 43.6 Å². The molecule has 1 unspecified atom stereocenters. The number of hydrogen-bond acceptors (Lipinski definition) is 7. The zero-order valence-electron chi connectivity index (χ0n) is 17.7. The second-order valence-electron chi connectivity index (χ2n) is 6.94. The first kappa shape index (κ1) is 23.4. The van der Waals surface area contributed by atoms with E-state index in [1.54, 1.807) is 29.8 Å². The number of benzene rings is 1. The van der Waals surface area contributed by atoms with Gasteiger partial charge in [-0.15, -0.1) is 0 Å². The van der Waals surface area contributed by atoms with Gasteiger partial charge >= 0.3 is 11.7 Å². The Morgan fingerprint density at radius 1 is 1.25 bits per heavy atom. The summed E-state index contributed by atoms with van der Waals surface area (Å²) in [6.45, 7) is 3.74. The quantitative estimate of drug-likeness (QED) is 0.298. The molecule has 0 bridgehead atoms. The van der Waals surface area contributed by atoms with Crippen LogP contribution in [0.2, 0.25) is 0 Å². The van der Waals surface area contributed by atoms with Crippen LogP contribution in [-0.4, -0.2) is 32.1 Å². The predicted molar refractivity (Wildman–Crippen MR) is 118 cm³/mol. The topological polar surface area (TPSA) is 107 Å². The summed E-state index contributed by atoms with van der Waals surface area (Å²) in [5, 5.41) is 0.352. The summed E-state index contributed by atoms with van der Waals surface area (Å²) in [7, 11) is 0. The lowest BCUT2D eigenvalue weighted by Gasteiger charge is -2.18. The number of thioether (sulfide) groups is 1. The van der Waals surface area contributed by atoms with Crippen LogP contribution in [-0.2, 0) is 21.8 Å². The van der Waals surface area contributed by atoms with Crippen LogP contribution in [0.4, 0.5) is 4.39 Å². The van der Waals surface area contributed by atoms with E-state index in [0.717, 1.165) is 5.56 Å². The molecule has 2 aromatic heterocycles. The van der Waals surface area contributed by atoms with Crippen molar-refractivity contribution >= 4 is 17.7 Å².